The lowest BCUT2D eigenvalue weighted by molar-refractivity contribution is -0.385. The van der Waals surface area contributed by atoms with Gasteiger partial charge in [0.05, 0.1) is 10.5 Å². The van der Waals surface area contributed by atoms with Crippen molar-refractivity contribution in [1.29, 1.82) is 0 Å². The summed E-state index contributed by atoms with van der Waals surface area (Å²) < 4.78 is 5.51. The number of hydrogen-bond donors (Lipinski definition) is 1. The highest BCUT2D eigenvalue weighted by molar-refractivity contribution is 5.49. The van der Waals surface area contributed by atoms with Gasteiger partial charge in [-0.05, 0) is 19.5 Å². The van der Waals surface area contributed by atoms with Crippen molar-refractivity contribution in [3.05, 3.63) is 51.8 Å². The summed E-state index contributed by atoms with van der Waals surface area (Å²) in [6.07, 6.45) is 3.33. The van der Waals surface area contributed by atoms with Crippen molar-refractivity contribution in [3.63, 3.8) is 0 Å². The zero-order valence-electron chi connectivity index (χ0n) is 11.9. The average Bonchev–Trinajstić information content (AvgIpc) is 2.48. The van der Waals surface area contributed by atoms with E-state index in [2.05, 4.69) is 15.3 Å². The molecular formula is C14H16N4O3. The summed E-state index contributed by atoms with van der Waals surface area (Å²) in [5.74, 6) is 0.378. The molecule has 110 valence electrons. The van der Waals surface area contributed by atoms with Crippen LogP contribution in [0.3, 0.4) is 0 Å². The minimum atomic E-state index is -0.442. The van der Waals surface area contributed by atoms with E-state index in [9.17, 15) is 10.1 Å². The van der Waals surface area contributed by atoms with Crippen LogP contribution in [0.1, 0.15) is 18.1 Å². The number of aromatic nitrogens is 2. The average molecular weight is 288 g/mol. The van der Waals surface area contributed by atoms with Crippen molar-refractivity contribution in [2.75, 3.05) is 6.54 Å². The molecule has 0 spiro atoms. The van der Waals surface area contributed by atoms with Crippen LogP contribution in [0, 0.1) is 17.0 Å². The molecule has 0 aliphatic heterocycles. The monoisotopic (exact) mass is 288 g/mol. The number of rotatable bonds is 6. The molecule has 7 nitrogen and oxygen atoms in total. The first-order valence-electron chi connectivity index (χ1n) is 6.55. The number of ether oxygens (including phenoxy) is 1. The highest BCUT2D eigenvalue weighted by atomic mass is 16.6. The molecule has 0 unspecified atom stereocenters. The Kier molecular flexibility index (Phi) is 4.78. The molecule has 1 aromatic carbocycles. The number of nitrogens with one attached hydrogen (secondary N) is 1. The minimum absolute atomic E-state index is 0.0104. The first-order chi connectivity index (χ1) is 10.1. The van der Waals surface area contributed by atoms with Crippen LogP contribution in [0.2, 0.25) is 0 Å². The number of benzene rings is 1. The minimum Gasteiger partial charge on any atom is -0.424 e. The molecule has 21 heavy (non-hydrogen) atoms. The van der Waals surface area contributed by atoms with Crippen molar-refractivity contribution in [2.24, 2.45) is 0 Å². The summed E-state index contributed by atoms with van der Waals surface area (Å²) in [6.45, 7) is 5.20. The second kappa shape index (κ2) is 6.76. The molecule has 0 aliphatic carbocycles. The molecule has 2 rings (SSSR count). The van der Waals surface area contributed by atoms with E-state index in [4.69, 9.17) is 4.74 Å². The summed E-state index contributed by atoms with van der Waals surface area (Å²) in [4.78, 5) is 18.6. The highest BCUT2D eigenvalue weighted by Gasteiger charge is 2.15. The predicted octanol–water partition coefficient (Wildman–Crippen LogP) is 2.60. The van der Waals surface area contributed by atoms with Crippen LogP contribution in [0.4, 0.5) is 5.69 Å². The highest BCUT2D eigenvalue weighted by Crippen LogP contribution is 2.29. The molecule has 0 saturated heterocycles. The third-order valence-corrected chi connectivity index (χ3v) is 2.91. The van der Waals surface area contributed by atoms with Crippen LogP contribution in [0.15, 0.2) is 30.6 Å². The Hall–Kier alpha value is -2.54. The van der Waals surface area contributed by atoms with Crippen molar-refractivity contribution in [3.8, 4) is 11.8 Å². The van der Waals surface area contributed by atoms with Crippen molar-refractivity contribution in [2.45, 2.75) is 20.4 Å². The summed E-state index contributed by atoms with van der Waals surface area (Å²) in [5, 5.41) is 14.1. The largest absolute Gasteiger partial charge is 0.424 e. The first kappa shape index (κ1) is 14.9. The van der Waals surface area contributed by atoms with Gasteiger partial charge in [0.2, 0.25) is 0 Å². The fourth-order valence-electron chi connectivity index (χ4n) is 1.77. The standard InChI is InChI=1S/C14H16N4O3/c1-3-15-7-11-8-16-14(17-9-11)21-13-6-4-5-12(10(13)2)18(19)20/h4-6,8-9,15H,3,7H2,1-2H3. The first-order valence-corrected chi connectivity index (χ1v) is 6.55. The van der Waals surface area contributed by atoms with E-state index in [1.165, 1.54) is 6.07 Å². The van der Waals surface area contributed by atoms with Gasteiger partial charge in [-0.1, -0.05) is 13.0 Å². The molecule has 0 fully saturated rings. The number of nitrogens with zero attached hydrogens (tertiary/aromatic N) is 3. The van der Waals surface area contributed by atoms with E-state index < -0.39 is 4.92 Å². The maximum absolute atomic E-state index is 10.9. The molecule has 1 aromatic heterocycles. The second-order valence-corrected chi connectivity index (χ2v) is 4.41. The molecule has 0 saturated carbocycles. The van der Waals surface area contributed by atoms with Crippen LogP contribution in [-0.4, -0.2) is 21.4 Å². The summed E-state index contributed by atoms with van der Waals surface area (Å²) >= 11 is 0. The Bertz CT molecular complexity index is 629. The van der Waals surface area contributed by atoms with Gasteiger partial charge in [-0.15, -0.1) is 0 Å². The lowest BCUT2D eigenvalue weighted by Gasteiger charge is -2.07. The zero-order valence-corrected chi connectivity index (χ0v) is 11.9. The fraction of sp³-hybridized carbons (Fsp3) is 0.286. The third kappa shape index (κ3) is 3.73. The smallest absolute Gasteiger partial charge is 0.321 e. The zero-order chi connectivity index (χ0) is 15.2. The molecule has 0 amide bonds. The summed E-state index contributed by atoms with van der Waals surface area (Å²) in [5.41, 5.74) is 1.40. The Morgan fingerprint density at radius 2 is 2.05 bits per heavy atom. The van der Waals surface area contributed by atoms with Crippen molar-refractivity contribution in [1.82, 2.24) is 15.3 Å². The second-order valence-electron chi connectivity index (χ2n) is 4.41. The molecule has 7 heteroatoms. The van der Waals surface area contributed by atoms with Crippen LogP contribution in [0.25, 0.3) is 0 Å². The maximum atomic E-state index is 10.9. The van der Waals surface area contributed by atoms with Gasteiger partial charge in [0.25, 0.3) is 5.69 Å². The van der Waals surface area contributed by atoms with Gasteiger partial charge >= 0.3 is 6.01 Å². The van der Waals surface area contributed by atoms with E-state index >= 15 is 0 Å². The molecule has 0 radical (unpaired) electrons. The van der Waals surface area contributed by atoms with Crippen molar-refractivity contribution >= 4 is 5.69 Å². The van der Waals surface area contributed by atoms with E-state index in [1.807, 2.05) is 6.92 Å². The maximum Gasteiger partial charge on any atom is 0.321 e. The number of nitro groups is 1. The Labute approximate surface area is 122 Å². The fourth-order valence-corrected chi connectivity index (χ4v) is 1.77. The van der Waals surface area contributed by atoms with Crippen molar-refractivity contribution < 1.29 is 9.66 Å². The third-order valence-electron chi connectivity index (χ3n) is 2.91. The molecule has 1 N–H and O–H groups in total. The van der Waals surface area contributed by atoms with Gasteiger partial charge in [-0.25, -0.2) is 9.97 Å². The lowest BCUT2D eigenvalue weighted by Crippen LogP contribution is -2.12. The number of nitro benzene ring substituents is 1. The molecule has 1 heterocycles. The van der Waals surface area contributed by atoms with Gasteiger partial charge in [0, 0.05) is 30.6 Å². The topological polar surface area (TPSA) is 90.2 Å². The van der Waals surface area contributed by atoms with Crippen LogP contribution in [0.5, 0.6) is 11.8 Å². The van der Waals surface area contributed by atoms with Gasteiger partial charge in [0.15, 0.2) is 0 Å². The van der Waals surface area contributed by atoms with Crippen LogP contribution in [-0.2, 0) is 6.54 Å². The van der Waals surface area contributed by atoms with E-state index in [0.29, 0.717) is 17.9 Å². The van der Waals surface area contributed by atoms with E-state index in [-0.39, 0.29) is 11.7 Å². The van der Waals surface area contributed by atoms with Gasteiger partial charge in [-0.2, -0.15) is 0 Å². The normalized spacial score (nSPS) is 10.4. The Morgan fingerprint density at radius 1 is 1.33 bits per heavy atom. The van der Waals surface area contributed by atoms with E-state index in [0.717, 1.165) is 12.1 Å². The van der Waals surface area contributed by atoms with Crippen LogP contribution < -0.4 is 10.1 Å². The Balaban J connectivity index is 2.15. The molecule has 0 bridgehead atoms. The molecule has 0 atom stereocenters. The summed E-state index contributed by atoms with van der Waals surface area (Å²) in [7, 11) is 0. The van der Waals surface area contributed by atoms with Gasteiger partial charge < -0.3 is 10.1 Å². The van der Waals surface area contributed by atoms with E-state index in [1.54, 1.807) is 31.5 Å². The lowest BCUT2D eigenvalue weighted by atomic mass is 10.2. The van der Waals surface area contributed by atoms with Crippen LogP contribution >= 0.6 is 0 Å². The molecule has 2 aromatic rings. The SMILES string of the molecule is CCNCc1cnc(Oc2cccc([N+](=O)[O-])c2C)nc1. The van der Waals surface area contributed by atoms with Gasteiger partial charge in [-0.3, -0.25) is 10.1 Å². The Morgan fingerprint density at radius 3 is 2.67 bits per heavy atom. The number of hydrogen-bond acceptors (Lipinski definition) is 6. The van der Waals surface area contributed by atoms with Gasteiger partial charge in [0.1, 0.15) is 5.75 Å². The molecular weight excluding hydrogens is 272 g/mol. The predicted molar refractivity (Wildman–Crippen MR) is 77.3 cm³/mol. The quantitative estimate of drug-likeness (QED) is 0.649. The molecule has 0 aliphatic rings. The summed E-state index contributed by atoms with van der Waals surface area (Å²) in [6, 6.07) is 4.82.